The highest BCUT2D eigenvalue weighted by atomic mass is 19.4. The predicted octanol–water partition coefficient (Wildman–Crippen LogP) is 5.90. The highest BCUT2D eigenvalue weighted by molar-refractivity contribution is 5.96. The van der Waals surface area contributed by atoms with Crippen LogP contribution >= 0.6 is 0 Å². The van der Waals surface area contributed by atoms with Crippen LogP contribution in [0.5, 0.6) is 0 Å². The number of halogens is 5. The van der Waals surface area contributed by atoms with Crippen molar-refractivity contribution < 1.29 is 26.7 Å². The maximum atomic E-state index is 14.0. The van der Waals surface area contributed by atoms with Crippen LogP contribution < -0.4 is 10.8 Å². The van der Waals surface area contributed by atoms with Crippen molar-refractivity contribution in [1.29, 1.82) is 5.41 Å². The molecule has 2 aromatic heterocycles. The van der Waals surface area contributed by atoms with Crippen LogP contribution in [-0.2, 0) is 19.8 Å². The van der Waals surface area contributed by atoms with Gasteiger partial charge >= 0.3 is 6.18 Å². The number of pyridine rings is 1. The molecule has 0 saturated heterocycles. The monoisotopic (exact) mass is 555 g/mol. The lowest BCUT2D eigenvalue weighted by atomic mass is 9.97. The first kappa shape index (κ1) is 27.3. The van der Waals surface area contributed by atoms with Gasteiger partial charge in [0.15, 0.2) is 17.0 Å². The molecule has 1 fully saturated rings. The van der Waals surface area contributed by atoms with Crippen LogP contribution in [-0.4, -0.2) is 20.3 Å². The van der Waals surface area contributed by atoms with Crippen molar-refractivity contribution in [2.45, 2.75) is 38.5 Å². The minimum atomic E-state index is -4.74. The summed E-state index contributed by atoms with van der Waals surface area (Å²) < 4.78 is 71.7. The van der Waals surface area contributed by atoms with Gasteiger partial charge < -0.3 is 9.88 Å². The van der Waals surface area contributed by atoms with Crippen LogP contribution in [0.2, 0.25) is 0 Å². The van der Waals surface area contributed by atoms with Gasteiger partial charge in [0.1, 0.15) is 5.82 Å². The van der Waals surface area contributed by atoms with Gasteiger partial charge in [-0.15, -0.1) is 0 Å². The van der Waals surface area contributed by atoms with Crippen LogP contribution in [0.4, 0.5) is 22.0 Å². The topological polar surface area (TPSA) is 75.7 Å². The quantitative estimate of drug-likeness (QED) is 0.279. The summed E-state index contributed by atoms with van der Waals surface area (Å²) >= 11 is 0. The van der Waals surface area contributed by atoms with Gasteiger partial charge in [-0.05, 0) is 84.3 Å². The number of carbonyl (C=O) groups excluding carboxylic acids is 1. The minimum absolute atomic E-state index is 0.0600. The zero-order chi connectivity index (χ0) is 28.8. The van der Waals surface area contributed by atoms with Crippen LogP contribution in [0.3, 0.4) is 0 Å². The number of carbonyl (C=O) groups is 1. The Balaban J connectivity index is 1.57. The van der Waals surface area contributed by atoms with E-state index in [0.717, 1.165) is 29.2 Å². The van der Waals surface area contributed by atoms with Crippen LogP contribution in [0.15, 0.2) is 60.9 Å². The van der Waals surface area contributed by atoms with Crippen molar-refractivity contribution in [2.24, 2.45) is 13.0 Å². The van der Waals surface area contributed by atoms with E-state index in [2.05, 4.69) is 10.4 Å². The number of aryl methyl sites for hydroxylation is 2. The average Bonchev–Trinajstić information content (AvgIpc) is 3.66. The van der Waals surface area contributed by atoms with Gasteiger partial charge in [-0.3, -0.25) is 14.9 Å². The van der Waals surface area contributed by atoms with Crippen LogP contribution in [0.25, 0.3) is 11.1 Å². The summed E-state index contributed by atoms with van der Waals surface area (Å²) in [7, 11) is 1.37. The van der Waals surface area contributed by atoms with E-state index in [4.69, 9.17) is 5.41 Å². The summed E-state index contributed by atoms with van der Waals surface area (Å²) in [5, 5.41) is 14.6. The Morgan fingerprint density at radius 1 is 1.12 bits per heavy atom. The van der Waals surface area contributed by atoms with Gasteiger partial charge in [-0.1, -0.05) is 12.1 Å². The molecule has 0 bridgehead atoms. The first-order chi connectivity index (χ1) is 18.9. The predicted molar refractivity (Wildman–Crippen MR) is 137 cm³/mol. The molecule has 1 saturated carbocycles. The molecule has 1 unspecified atom stereocenters. The summed E-state index contributed by atoms with van der Waals surface area (Å²) in [5.41, 5.74) is 0.0545. The SMILES string of the molecule is Cc1cc(C(NC(=O)c2cc(Cn3cccc(F)c3=N)cc(-c3cn(C)nc3C(F)(F)F)c2)C2CC2)ccc1F. The second kappa shape index (κ2) is 10.4. The summed E-state index contributed by atoms with van der Waals surface area (Å²) in [6.07, 6.45) is -0.288. The van der Waals surface area contributed by atoms with Crippen LogP contribution in [0, 0.1) is 29.9 Å². The van der Waals surface area contributed by atoms with Crippen LogP contribution in [0.1, 0.15) is 51.6 Å². The fourth-order valence-corrected chi connectivity index (χ4v) is 4.82. The molecule has 1 amide bonds. The van der Waals surface area contributed by atoms with Crippen molar-refractivity contribution in [3.8, 4) is 11.1 Å². The third kappa shape index (κ3) is 5.68. The molecule has 0 radical (unpaired) electrons. The Labute approximate surface area is 226 Å². The van der Waals surface area contributed by atoms with Gasteiger partial charge in [0.25, 0.3) is 5.91 Å². The molecule has 5 rings (SSSR count). The third-order valence-corrected chi connectivity index (χ3v) is 6.96. The number of amides is 1. The molecule has 1 aliphatic carbocycles. The van der Waals surface area contributed by atoms with Gasteiger partial charge in [-0.2, -0.15) is 18.3 Å². The van der Waals surface area contributed by atoms with Gasteiger partial charge in [0, 0.05) is 37.1 Å². The first-order valence-corrected chi connectivity index (χ1v) is 12.6. The Kier molecular flexibility index (Phi) is 7.07. The molecule has 0 spiro atoms. The molecular formula is C29H26F5N5O. The Morgan fingerprint density at radius 3 is 2.55 bits per heavy atom. The molecule has 1 atom stereocenters. The minimum Gasteiger partial charge on any atom is -0.345 e. The van der Waals surface area contributed by atoms with Crippen molar-refractivity contribution in [1.82, 2.24) is 19.7 Å². The fourth-order valence-electron chi connectivity index (χ4n) is 4.82. The molecule has 2 heterocycles. The number of hydrogen-bond donors (Lipinski definition) is 2. The summed E-state index contributed by atoms with van der Waals surface area (Å²) in [5.74, 6) is -1.48. The zero-order valence-corrected chi connectivity index (χ0v) is 21.7. The van der Waals surface area contributed by atoms with E-state index in [1.807, 2.05) is 0 Å². The highest BCUT2D eigenvalue weighted by Gasteiger charge is 2.38. The van der Waals surface area contributed by atoms with Crippen molar-refractivity contribution >= 4 is 5.91 Å². The molecule has 11 heteroatoms. The van der Waals surface area contributed by atoms with E-state index >= 15 is 0 Å². The second-order valence-electron chi connectivity index (χ2n) is 10.1. The third-order valence-electron chi connectivity index (χ3n) is 6.96. The number of nitrogens with zero attached hydrogens (tertiary/aromatic N) is 3. The van der Waals surface area contributed by atoms with E-state index < -0.39 is 35.1 Å². The Morgan fingerprint density at radius 2 is 1.88 bits per heavy atom. The number of benzene rings is 2. The Bertz CT molecular complexity index is 1650. The molecule has 40 heavy (non-hydrogen) atoms. The molecule has 4 aromatic rings. The molecule has 1 aliphatic rings. The van der Waals surface area contributed by atoms with E-state index in [1.165, 1.54) is 54.3 Å². The number of aromatic nitrogens is 3. The van der Waals surface area contributed by atoms with Gasteiger partial charge in [0.05, 0.1) is 6.04 Å². The van der Waals surface area contributed by atoms with Gasteiger partial charge in [-0.25, -0.2) is 8.78 Å². The van der Waals surface area contributed by atoms with Crippen molar-refractivity contribution in [2.75, 3.05) is 0 Å². The molecule has 0 aliphatic heterocycles. The van der Waals surface area contributed by atoms with E-state index in [-0.39, 0.29) is 35.0 Å². The lowest BCUT2D eigenvalue weighted by Gasteiger charge is -2.20. The van der Waals surface area contributed by atoms with E-state index in [9.17, 15) is 26.7 Å². The highest BCUT2D eigenvalue weighted by Crippen LogP contribution is 2.42. The number of nitrogens with one attached hydrogen (secondary N) is 2. The molecular weight excluding hydrogens is 529 g/mol. The van der Waals surface area contributed by atoms with Crippen molar-refractivity contribution in [3.63, 3.8) is 0 Å². The lowest BCUT2D eigenvalue weighted by molar-refractivity contribution is -0.140. The fraction of sp³-hybridized carbons (Fsp3) is 0.276. The summed E-state index contributed by atoms with van der Waals surface area (Å²) in [6, 6.07) is 11.1. The number of alkyl halides is 3. The normalized spacial score (nSPS) is 14.3. The first-order valence-electron chi connectivity index (χ1n) is 12.6. The largest absolute Gasteiger partial charge is 0.435 e. The van der Waals surface area contributed by atoms with E-state index in [0.29, 0.717) is 11.1 Å². The lowest BCUT2D eigenvalue weighted by Crippen LogP contribution is -2.30. The zero-order valence-electron chi connectivity index (χ0n) is 21.7. The maximum absolute atomic E-state index is 14.0. The number of rotatable bonds is 7. The average molecular weight is 556 g/mol. The van der Waals surface area contributed by atoms with Gasteiger partial charge in [0.2, 0.25) is 0 Å². The molecule has 6 nitrogen and oxygen atoms in total. The second-order valence-corrected chi connectivity index (χ2v) is 10.1. The Hall–Kier alpha value is -4.28. The summed E-state index contributed by atoms with van der Waals surface area (Å²) in [4.78, 5) is 13.6. The molecule has 2 N–H and O–H groups in total. The smallest absolute Gasteiger partial charge is 0.345 e. The standard InChI is InChI=1S/C29H26F5N5O/c1-16-10-19(7-8-23(16)30)25(18-5-6-18)36-28(40)21-12-17(14-39-9-3-4-24(31)27(39)35)11-20(13-21)22-15-38(2)37-26(22)29(32,33)34/h3-4,7-13,15,18,25,35H,5-6,14H2,1-2H3,(H,36,40). The molecule has 208 valence electrons. The van der Waals surface area contributed by atoms with E-state index in [1.54, 1.807) is 19.1 Å². The molecule has 2 aromatic carbocycles. The maximum Gasteiger partial charge on any atom is 0.435 e. The number of hydrogen-bond acceptors (Lipinski definition) is 3. The summed E-state index contributed by atoms with van der Waals surface area (Å²) in [6.45, 7) is 1.58. The van der Waals surface area contributed by atoms with Crippen molar-refractivity contribution in [3.05, 3.63) is 106 Å².